The molecule has 0 aliphatic rings. The summed E-state index contributed by atoms with van der Waals surface area (Å²) in [5, 5.41) is 11.7. The Morgan fingerprint density at radius 2 is 1.44 bits per heavy atom. The van der Waals surface area contributed by atoms with Gasteiger partial charge in [-0.1, -0.05) is 95.0 Å². The quantitative estimate of drug-likeness (QED) is 0.365. The van der Waals surface area contributed by atoms with Gasteiger partial charge in [0, 0.05) is 0 Å². The number of hydrogen-bond donors (Lipinski definition) is 1. The molecule has 3 nitrogen and oxygen atoms in total. The van der Waals surface area contributed by atoms with Crippen molar-refractivity contribution in [2.75, 3.05) is 0 Å². The summed E-state index contributed by atoms with van der Waals surface area (Å²) in [6.07, 6.45) is 12.3. The van der Waals surface area contributed by atoms with Crippen LogP contribution in [0.15, 0.2) is 42.5 Å². The maximum Gasteiger partial charge on any atom is 0.344 e. The number of carboxylic acids is 1. The van der Waals surface area contributed by atoms with Gasteiger partial charge in [-0.15, -0.1) is 0 Å². The highest BCUT2D eigenvalue weighted by Crippen LogP contribution is 2.23. The van der Waals surface area contributed by atoms with Crippen LogP contribution in [0.4, 0.5) is 0 Å². The van der Waals surface area contributed by atoms with Crippen molar-refractivity contribution >= 4 is 16.7 Å². The Bertz CT molecular complexity index is 680. The lowest BCUT2D eigenvalue weighted by Gasteiger charge is -2.15. The van der Waals surface area contributed by atoms with Gasteiger partial charge in [0.25, 0.3) is 0 Å². The lowest BCUT2D eigenvalue weighted by atomic mass is 10.0. The topological polar surface area (TPSA) is 46.5 Å². The second-order valence-corrected chi connectivity index (χ2v) is 7.42. The molecule has 1 atom stereocenters. The monoisotopic (exact) mass is 370 g/mol. The molecule has 3 heteroatoms. The van der Waals surface area contributed by atoms with Crippen molar-refractivity contribution in [3.8, 4) is 5.75 Å². The minimum absolute atomic E-state index is 0.568. The van der Waals surface area contributed by atoms with E-state index in [0.29, 0.717) is 12.2 Å². The molecule has 0 radical (unpaired) electrons. The average molecular weight is 371 g/mol. The first-order chi connectivity index (χ1) is 13.2. The molecule has 1 unspecified atom stereocenters. The predicted molar refractivity (Wildman–Crippen MR) is 112 cm³/mol. The first kappa shape index (κ1) is 21.3. The summed E-state index contributed by atoms with van der Waals surface area (Å²) in [6, 6.07) is 13.8. The van der Waals surface area contributed by atoms with E-state index in [4.69, 9.17) is 4.74 Å². The molecule has 0 aliphatic heterocycles. The molecule has 0 aromatic heterocycles. The van der Waals surface area contributed by atoms with Crippen molar-refractivity contribution in [1.82, 2.24) is 0 Å². The number of aliphatic carboxylic acids is 1. The van der Waals surface area contributed by atoms with Gasteiger partial charge in [0.2, 0.25) is 0 Å². The van der Waals surface area contributed by atoms with Crippen LogP contribution in [0.25, 0.3) is 10.8 Å². The molecule has 0 heterocycles. The lowest BCUT2D eigenvalue weighted by molar-refractivity contribution is -0.145. The number of benzene rings is 2. The highest BCUT2D eigenvalue weighted by atomic mass is 16.5. The fourth-order valence-electron chi connectivity index (χ4n) is 3.45. The zero-order valence-corrected chi connectivity index (χ0v) is 16.7. The summed E-state index contributed by atoms with van der Waals surface area (Å²) in [5.41, 5.74) is 0. The molecular weight excluding hydrogens is 336 g/mol. The van der Waals surface area contributed by atoms with Gasteiger partial charge in [-0.2, -0.15) is 0 Å². The smallest absolute Gasteiger partial charge is 0.344 e. The Kier molecular flexibility index (Phi) is 9.75. The summed E-state index contributed by atoms with van der Waals surface area (Å²) in [4.78, 5) is 11.5. The number of fused-ring (bicyclic) bond motifs is 1. The second-order valence-electron chi connectivity index (χ2n) is 7.42. The molecular formula is C24H34O3. The van der Waals surface area contributed by atoms with Gasteiger partial charge in [-0.05, 0) is 35.7 Å². The van der Waals surface area contributed by atoms with Crippen molar-refractivity contribution < 1.29 is 14.6 Å². The summed E-state index contributed by atoms with van der Waals surface area (Å²) in [6.45, 7) is 2.24. The molecule has 2 rings (SSSR count). The molecule has 0 fully saturated rings. The highest BCUT2D eigenvalue weighted by Gasteiger charge is 2.19. The lowest BCUT2D eigenvalue weighted by Crippen LogP contribution is -2.26. The van der Waals surface area contributed by atoms with Crippen LogP contribution in [0.5, 0.6) is 5.75 Å². The van der Waals surface area contributed by atoms with Gasteiger partial charge >= 0.3 is 5.97 Å². The number of carbonyl (C=O) groups is 1. The van der Waals surface area contributed by atoms with Crippen LogP contribution in [0.2, 0.25) is 0 Å². The number of ether oxygens (including phenoxy) is 1. The van der Waals surface area contributed by atoms with Crippen LogP contribution in [0, 0.1) is 0 Å². The van der Waals surface area contributed by atoms with Crippen molar-refractivity contribution in [3.05, 3.63) is 42.5 Å². The summed E-state index contributed by atoms with van der Waals surface area (Å²) in [7, 11) is 0. The van der Waals surface area contributed by atoms with Crippen molar-refractivity contribution in [2.45, 2.75) is 83.7 Å². The molecule has 0 bridgehead atoms. The number of rotatable bonds is 14. The summed E-state index contributed by atoms with van der Waals surface area (Å²) < 4.78 is 5.77. The molecule has 2 aromatic carbocycles. The zero-order chi connectivity index (χ0) is 19.3. The van der Waals surface area contributed by atoms with Gasteiger partial charge in [0.05, 0.1) is 0 Å². The first-order valence-electron chi connectivity index (χ1n) is 10.6. The maximum absolute atomic E-state index is 11.5. The van der Waals surface area contributed by atoms with Crippen LogP contribution in [-0.2, 0) is 4.79 Å². The number of carboxylic acid groups (broad SMARTS) is 1. The number of hydrogen-bond acceptors (Lipinski definition) is 2. The fraction of sp³-hybridized carbons (Fsp3) is 0.542. The van der Waals surface area contributed by atoms with Gasteiger partial charge in [0.1, 0.15) is 5.75 Å². The molecule has 0 amide bonds. The SMILES string of the molecule is CCCCCCCCCCCCC(Oc1ccc2ccccc2c1)C(=O)O. The molecule has 0 spiro atoms. The Morgan fingerprint density at radius 1 is 0.852 bits per heavy atom. The van der Waals surface area contributed by atoms with Crippen LogP contribution >= 0.6 is 0 Å². The van der Waals surface area contributed by atoms with E-state index < -0.39 is 12.1 Å². The average Bonchev–Trinajstić information content (AvgIpc) is 2.68. The Balaban J connectivity index is 1.67. The standard InChI is InChI=1S/C24H34O3/c1-2-3-4-5-6-7-8-9-10-11-16-23(24(25)26)27-22-18-17-20-14-12-13-15-21(20)19-22/h12-15,17-19,23H,2-11,16H2,1H3,(H,25,26). The van der Waals surface area contributed by atoms with Crippen LogP contribution in [0.3, 0.4) is 0 Å². The third-order valence-electron chi connectivity index (χ3n) is 5.09. The second kappa shape index (κ2) is 12.4. The van der Waals surface area contributed by atoms with Crippen molar-refractivity contribution in [2.24, 2.45) is 0 Å². The Labute approximate surface area is 163 Å². The Hall–Kier alpha value is -2.03. The molecule has 2 aromatic rings. The molecule has 0 aliphatic carbocycles. The predicted octanol–water partition coefficient (Wildman–Crippen LogP) is 6.98. The van der Waals surface area contributed by atoms with E-state index in [2.05, 4.69) is 6.92 Å². The van der Waals surface area contributed by atoms with Gasteiger partial charge in [-0.3, -0.25) is 0 Å². The Morgan fingerprint density at radius 3 is 2.07 bits per heavy atom. The third-order valence-corrected chi connectivity index (χ3v) is 5.09. The number of unbranched alkanes of at least 4 members (excludes halogenated alkanes) is 9. The highest BCUT2D eigenvalue weighted by molar-refractivity contribution is 5.83. The van der Waals surface area contributed by atoms with Crippen molar-refractivity contribution in [3.63, 3.8) is 0 Å². The van der Waals surface area contributed by atoms with E-state index in [1.165, 1.54) is 51.4 Å². The van der Waals surface area contributed by atoms with Gasteiger partial charge < -0.3 is 9.84 Å². The fourth-order valence-corrected chi connectivity index (χ4v) is 3.45. The first-order valence-corrected chi connectivity index (χ1v) is 10.6. The molecule has 0 saturated heterocycles. The van der Waals surface area contributed by atoms with E-state index >= 15 is 0 Å². The normalized spacial score (nSPS) is 12.2. The van der Waals surface area contributed by atoms with Crippen LogP contribution < -0.4 is 4.74 Å². The van der Waals surface area contributed by atoms with E-state index in [1.54, 1.807) is 0 Å². The van der Waals surface area contributed by atoms with E-state index in [0.717, 1.165) is 23.6 Å². The van der Waals surface area contributed by atoms with Crippen LogP contribution in [-0.4, -0.2) is 17.2 Å². The third kappa shape index (κ3) is 8.03. The van der Waals surface area contributed by atoms with E-state index in [9.17, 15) is 9.90 Å². The molecule has 148 valence electrons. The van der Waals surface area contributed by atoms with E-state index in [1.807, 2.05) is 42.5 Å². The van der Waals surface area contributed by atoms with Gasteiger partial charge in [-0.25, -0.2) is 4.79 Å². The minimum atomic E-state index is -0.876. The summed E-state index contributed by atoms with van der Waals surface area (Å²) in [5.74, 6) is -0.243. The van der Waals surface area contributed by atoms with Crippen LogP contribution in [0.1, 0.15) is 77.6 Å². The molecule has 27 heavy (non-hydrogen) atoms. The molecule has 0 saturated carbocycles. The summed E-state index contributed by atoms with van der Waals surface area (Å²) >= 11 is 0. The zero-order valence-electron chi connectivity index (χ0n) is 16.7. The van der Waals surface area contributed by atoms with E-state index in [-0.39, 0.29) is 0 Å². The maximum atomic E-state index is 11.5. The van der Waals surface area contributed by atoms with Gasteiger partial charge in [0.15, 0.2) is 6.10 Å². The molecule has 1 N–H and O–H groups in total. The largest absolute Gasteiger partial charge is 0.479 e. The van der Waals surface area contributed by atoms with Crippen molar-refractivity contribution in [1.29, 1.82) is 0 Å². The minimum Gasteiger partial charge on any atom is -0.479 e.